The van der Waals surface area contributed by atoms with Crippen LogP contribution >= 0.6 is 11.8 Å². The van der Waals surface area contributed by atoms with Gasteiger partial charge in [-0.3, -0.25) is 9.36 Å². The van der Waals surface area contributed by atoms with Crippen LogP contribution in [0.25, 0.3) is 22.8 Å². The SMILES string of the molecule is Cc1cccc(-c2nnc(SCC(=O)Nc3c(C)nn(-c4ccccc4)c3C)n2-c2ccccc2)c1. The molecule has 0 spiro atoms. The molecule has 1 amide bonds. The molecule has 0 saturated heterocycles. The predicted octanol–water partition coefficient (Wildman–Crippen LogP) is 5.78. The fourth-order valence-electron chi connectivity index (χ4n) is 4.09. The van der Waals surface area contributed by atoms with Crippen molar-refractivity contribution in [2.24, 2.45) is 0 Å². The van der Waals surface area contributed by atoms with Crippen LogP contribution in [0.1, 0.15) is 17.0 Å². The van der Waals surface area contributed by atoms with Crippen molar-refractivity contribution in [1.29, 1.82) is 0 Å². The number of thioether (sulfide) groups is 1. The third-order valence-electron chi connectivity index (χ3n) is 5.81. The van der Waals surface area contributed by atoms with Crippen molar-refractivity contribution in [2.45, 2.75) is 25.9 Å². The van der Waals surface area contributed by atoms with Gasteiger partial charge in [0.2, 0.25) is 5.91 Å². The van der Waals surface area contributed by atoms with Gasteiger partial charge in [-0.15, -0.1) is 10.2 Å². The summed E-state index contributed by atoms with van der Waals surface area (Å²) in [6, 6.07) is 28.0. The van der Waals surface area contributed by atoms with Crippen LogP contribution in [0.15, 0.2) is 90.1 Å². The minimum atomic E-state index is -0.126. The lowest BCUT2D eigenvalue weighted by Crippen LogP contribution is -2.15. The minimum absolute atomic E-state index is 0.126. The maximum absolute atomic E-state index is 13.0. The molecule has 36 heavy (non-hydrogen) atoms. The van der Waals surface area contributed by atoms with Crippen molar-refractivity contribution in [2.75, 3.05) is 11.1 Å². The molecule has 3 aromatic carbocycles. The molecule has 8 heteroatoms. The standard InChI is InChI=1S/C28H26N6OS/c1-19-11-10-12-22(17-19)27-30-31-28(33(27)23-13-6-4-7-14-23)36-18-25(35)29-26-20(2)32-34(21(26)3)24-15-8-5-9-16-24/h4-17H,18H2,1-3H3,(H,29,35). The summed E-state index contributed by atoms with van der Waals surface area (Å²) in [7, 11) is 0. The monoisotopic (exact) mass is 494 g/mol. The van der Waals surface area contributed by atoms with E-state index < -0.39 is 0 Å². The molecule has 0 fully saturated rings. The van der Waals surface area contributed by atoms with Crippen LogP contribution in [0.4, 0.5) is 5.69 Å². The van der Waals surface area contributed by atoms with Crippen LogP contribution in [0.3, 0.4) is 0 Å². The van der Waals surface area contributed by atoms with Crippen LogP contribution < -0.4 is 5.32 Å². The Kier molecular flexibility index (Phi) is 6.69. The fraction of sp³-hybridized carbons (Fsp3) is 0.143. The lowest BCUT2D eigenvalue weighted by molar-refractivity contribution is -0.113. The highest BCUT2D eigenvalue weighted by atomic mass is 32.2. The largest absolute Gasteiger partial charge is 0.322 e. The van der Waals surface area contributed by atoms with E-state index in [2.05, 4.69) is 39.7 Å². The first-order chi connectivity index (χ1) is 17.5. The van der Waals surface area contributed by atoms with Crippen molar-refractivity contribution in [3.05, 3.63) is 102 Å². The molecule has 2 heterocycles. The maximum Gasteiger partial charge on any atom is 0.234 e. The molecule has 0 aliphatic heterocycles. The normalized spacial score (nSPS) is 11.0. The second-order valence-corrected chi connectivity index (χ2v) is 9.42. The predicted molar refractivity (Wildman–Crippen MR) is 144 cm³/mol. The number of nitrogens with zero attached hydrogens (tertiary/aromatic N) is 5. The van der Waals surface area contributed by atoms with Gasteiger partial charge in [-0.25, -0.2) is 4.68 Å². The van der Waals surface area contributed by atoms with Gasteiger partial charge in [0.25, 0.3) is 0 Å². The van der Waals surface area contributed by atoms with E-state index in [0.717, 1.165) is 45.4 Å². The van der Waals surface area contributed by atoms with Crippen LogP contribution in [-0.4, -0.2) is 36.2 Å². The highest BCUT2D eigenvalue weighted by Gasteiger charge is 2.19. The van der Waals surface area contributed by atoms with Crippen LogP contribution in [-0.2, 0) is 4.79 Å². The molecule has 0 saturated carbocycles. The number of anilines is 1. The molecular formula is C28H26N6OS. The lowest BCUT2D eigenvalue weighted by atomic mass is 10.1. The average Bonchev–Trinajstić information content (AvgIpc) is 3.45. The van der Waals surface area contributed by atoms with Gasteiger partial charge in [-0.1, -0.05) is 71.9 Å². The van der Waals surface area contributed by atoms with Crippen LogP contribution in [0.5, 0.6) is 0 Å². The van der Waals surface area contributed by atoms with E-state index in [1.165, 1.54) is 11.8 Å². The molecule has 5 aromatic rings. The number of carbonyl (C=O) groups is 1. The zero-order valence-electron chi connectivity index (χ0n) is 20.3. The van der Waals surface area contributed by atoms with E-state index >= 15 is 0 Å². The van der Waals surface area contributed by atoms with Crippen molar-refractivity contribution < 1.29 is 4.79 Å². The number of aryl methyl sites for hydroxylation is 2. The Morgan fingerprint density at radius 3 is 2.25 bits per heavy atom. The zero-order valence-corrected chi connectivity index (χ0v) is 21.2. The first-order valence-electron chi connectivity index (χ1n) is 11.6. The number of rotatable bonds is 7. The quantitative estimate of drug-likeness (QED) is 0.290. The number of para-hydroxylation sites is 2. The molecule has 0 radical (unpaired) electrons. The molecule has 2 aromatic heterocycles. The summed E-state index contributed by atoms with van der Waals surface area (Å²) >= 11 is 1.35. The van der Waals surface area contributed by atoms with Gasteiger partial charge in [-0.2, -0.15) is 5.10 Å². The molecule has 0 aliphatic carbocycles. The Labute approximate surface area is 214 Å². The average molecular weight is 495 g/mol. The minimum Gasteiger partial charge on any atom is -0.322 e. The Morgan fingerprint density at radius 1 is 0.861 bits per heavy atom. The lowest BCUT2D eigenvalue weighted by Gasteiger charge is -2.11. The smallest absolute Gasteiger partial charge is 0.234 e. The van der Waals surface area contributed by atoms with E-state index in [-0.39, 0.29) is 11.7 Å². The van der Waals surface area contributed by atoms with E-state index in [1.54, 1.807) is 0 Å². The van der Waals surface area contributed by atoms with Crippen LogP contribution in [0, 0.1) is 20.8 Å². The number of nitrogens with one attached hydrogen (secondary N) is 1. The fourth-order valence-corrected chi connectivity index (χ4v) is 4.85. The van der Waals surface area contributed by atoms with Gasteiger partial charge in [-0.05, 0) is 51.1 Å². The van der Waals surface area contributed by atoms with Crippen molar-refractivity contribution in [3.63, 3.8) is 0 Å². The van der Waals surface area contributed by atoms with E-state index in [0.29, 0.717) is 5.16 Å². The Morgan fingerprint density at radius 2 is 1.56 bits per heavy atom. The number of hydrogen-bond acceptors (Lipinski definition) is 5. The van der Waals surface area contributed by atoms with E-state index in [1.807, 2.05) is 95.9 Å². The number of benzene rings is 3. The summed E-state index contributed by atoms with van der Waals surface area (Å²) in [5.41, 5.74) is 6.39. The summed E-state index contributed by atoms with van der Waals surface area (Å²) in [5, 5.41) is 17.2. The number of carbonyl (C=O) groups excluding carboxylic acids is 1. The van der Waals surface area contributed by atoms with Crippen molar-refractivity contribution >= 4 is 23.4 Å². The summed E-state index contributed by atoms with van der Waals surface area (Å²) < 4.78 is 3.84. The van der Waals surface area contributed by atoms with Crippen molar-refractivity contribution in [3.8, 4) is 22.8 Å². The van der Waals surface area contributed by atoms with Gasteiger partial charge < -0.3 is 5.32 Å². The van der Waals surface area contributed by atoms with E-state index in [4.69, 9.17) is 0 Å². The van der Waals surface area contributed by atoms with Gasteiger partial charge in [0.1, 0.15) is 0 Å². The summed E-state index contributed by atoms with van der Waals surface area (Å²) in [5.74, 6) is 0.802. The molecule has 1 N–H and O–H groups in total. The Hall–Kier alpha value is -4.17. The number of aromatic nitrogens is 5. The Bertz CT molecular complexity index is 1510. The summed E-state index contributed by atoms with van der Waals surface area (Å²) in [6.45, 7) is 5.90. The zero-order chi connectivity index (χ0) is 25.1. The molecule has 180 valence electrons. The first-order valence-corrected chi connectivity index (χ1v) is 12.6. The van der Waals surface area contributed by atoms with Gasteiger partial charge in [0, 0.05) is 11.3 Å². The number of hydrogen-bond donors (Lipinski definition) is 1. The highest BCUT2D eigenvalue weighted by Crippen LogP contribution is 2.29. The van der Waals surface area contributed by atoms with Crippen molar-refractivity contribution in [1.82, 2.24) is 24.5 Å². The van der Waals surface area contributed by atoms with E-state index in [9.17, 15) is 4.79 Å². The van der Waals surface area contributed by atoms with Gasteiger partial charge >= 0.3 is 0 Å². The molecule has 0 aliphatic rings. The summed E-state index contributed by atoms with van der Waals surface area (Å²) in [4.78, 5) is 13.0. The Balaban J connectivity index is 1.38. The molecule has 0 atom stereocenters. The highest BCUT2D eigenvalue weighted by molar-refractivity contribution is 7.99. The second kappa shape index (κ2) is 10.2. The molecule has 5 rings (SSSR count). The molecular weight excluding hydrogens is 468 g/mol. The summed E-state index contributed by atoms with van der Waals surface area (Å²) in [6.07, 6.45) is 0. The maximum atomic E-state index is 13.0. The molecule has 0 unspecified atom stereocenters. The number of amides is 1. The first kappa shape index (κ1) is 23.6. The third-order valence-corrected chi connectivity index (χ3v) is 6.74. The second-order valence-electron chi connectivity index (χ2n) is 8.48. The topological polar surface area (TPSA) is 77.6 Å². The van der Waals surface area contributed by atoms with Crippen LogP contribution in [0.2, 0.25) is 0 Å². The van der Waals surface area contributed by atoms with Gasteiger partial charge in [0.05, 0.1) is 28.5 Å². The molecule has 7 nitrogen and oxygen atoms in total. The third kappa shape index (κ3) is 4.81. The van der Waals surface area contributed by atoms with Gasteiger partial charge in [0.15, 0.2) is 11.0 Å². The molecule has 0 bridgehead atoms.